The third-order valence-corrected chi connectivity index (χ3v) is 12.7. The van der Waals surface area contributed by atoms with Crippen LogP contribution in [0.4, 0.5) is 0 Å². The zero-order valence-electron chi connectivity index (χ0n) is 20.6. The average molecular weight is 692 g/mol. The summed E-state index contributed by atoms with van der Waals surface area (Å²) in [7, 11) is -4.28. The molecule has 35 heavy (non-hydrogen) atoms. The maximum absolute atomic E-state index is 11.1. The van der Waals surface area contributed by atoms with Gasteiger partial charge in [-0.3, -0.25) is 5.04 Å². The third-order valence-electron chi connectivity index (χ3n) is 8.68. The van der Waals surface area contributed by atoms with Gasteiger partial charge in [0.25, 0.3) is 0 Å². The van der Waals surface area contributed by atoms with Gasteiger partial charge in [0.05, 0.1) is 10.1 Å². The Morgan fingerprint density at radius 1 is 0.914 bits per heavy atom. The van der Waals surface area contributed by atoms with Gasteiger partial charge in [0.1, 0.15) is 0 Å². The minimum Gasteiger partial charge on any atom is -0.785 e. The zero-order chi connectivity index (χ0) is 24.3. The minimum atomic E-state index is -4.28. The second kappa shape index (κ2) is 14.2. The van der Waals surface area contributed by atoms with Crippen molar-refractivity contribution in [2.24, 2.45) is 33.5 Å². The van der Waals surface area contributed by atoms with Crippen LogP contribution in [-0.2, 0) is 86.5 Å². The fraction of sp³-hybridized carbons (Fsp3) is 0.800. The Hall–Kier alpha value is 4.27. The van der Waals surface area contributed by atoms with Gasteiger partial charge < -0.3 is 60.3 Å². The third kappa shape index (κ3) is 6.76. The van der Waals surface area contributed by atoms with Gasteiger partial charge in [-0.05, 0) is 59.2 Å². The first kappa shape index (κ1) is 39.3. The molecule has 194 valence electrons. The quantitative estimate of drug-likeness (QED) is 0.0539. The van der Waals surface area contributed by atoms with Gasteiger partial charge in [-0.25, -0.2) is 28.0 Å². The molecular formula is C20H26K2NiO6S6-4. The van der Waals surface area contributed by atoms with Crippen molar-refractivity contribution in [3.8, 4) is 0 Å². The van der Waals surface area contributed by atoms with Crippen molar-refractivity contribution in [2.75, 3.05) is 11.5 Å². The predicted molar refractivity (Wildman–Crippen MR) is 131 cm³/mol. The van der Waals surface area contributed by atoms with Crippen LogP contribution < -0.4 is 108 Å². The normalized spacial score (nSPS) is 33.4. The van der Waals surface area contributed by atoms with Crippen LogP contribution in [-0.4, -0.2) is 24.5 Å². The van der Waals surface area contributed by atoms with Gasteiger partial charge in [-0.1, -0.05) is 27.7 Å². The van der Waals surface area contributed by atoms with Crippen LogP contribution in [0.1, 0.15) is 53.4 Å². The molecule has 15 heteroatoms. The largest absolute Gasteiger partial charge is 1.00 e. The summed E-state index contributed by atoms with van der Waals surface area (Å²) in [6.07, 6.45) is 3.64. The Bertz CT molecular complexity index is 960. The summed E-state index contributed by atoms with van der Waals surface area (Å²) in [6, 6.07) is 0. The van der Waals surface area contributed by atoms with Crippen molar-refractivity contribution >= 4 is 72.7 Å². The molecule has 2 saturated carbocycles. The summed E-state index contributed by atoms with van der Waals surface area (Å²) < 4.78 is 37.5. The van der Waals surface area contributed by atoms with E-state index in [0.717, 1.165) is 41.1 Å². The number of allylic oxidation sites excluding steroid dienone is 4. The summed E-state index contributed by atoms with van der Waals surface area (Å²) in [5, 5.41) is 13.2. The summed E-state index contributed by atoms with van der Waals surface area (Å²) in [4.78, 5) is 3.08. The fourth-order valence-electron chi connectivity index (χ4n) is 6.43. The number of hydrogen-bond donors (Lipinski definition) is 0. The molecule has 4 aliphatic rings. The van der Waals surface area contributed by atoms with Crippen LogP contribution in [0.15, 0.2) is 19.6 Å². The van der Waals surface area contributed by atoms with Crippen molar-refractivity contribution in [1.29, 1.82) is 0 Å². The molecule has 4 rings (SSSR count). The van der Waals surface area contributed by atoms with Gasteiger partial charge in [0, 0.05) is 40.0 Å². The summed E-state index contributed by atoms with van der Waals surface area (Å²) in [5.41, 5.74) is -1.02. The molecule has 0 N–H and O–H groups in total. The maximum Gasteiger partial charge on any atom is 1.00 e. The van der Waals surface area contributed by atoms with Crippen LogP contribution in [0.5, 0.6) is 0 Å². The van der Waals surface area contributed by atoms with Crippen molar-refractivity contribution in [2.45, 2.75) is 53.4 Å². The van der Waals surface area contributed by atoms with Crippen LogP contribution >= 0.6 is 12.0 Å². The van der Waals surface area contributed by atoms with E-state index >= 15 is 0 Å². The molecule has 0 aliphatic heterocycles. The molecular weight excluding hydrogens is 666 g/mol. The fourth-order valence-corrected chi connectivity index (χ4v) is 11.2. The number of fused-ring (bicyclic) bond motifs is 4. The van der Waals surface area contributed by atoms with Crippen LogP contribution in [0.2, 0.25) is 0 Å². The van der Waals surface area contributed by atoms with E-state index in [1.54, 1.807) is 0 Å². The Morgan fingerprint density at radius 2 is 1.31 bits per heavy atom. The van der Waals surface area contributed by atoms with E-state index in [9.17, 15) is 18.2 Å². The van der Waals surface area contributed by atoms with Crippen LogP contribution in [0, 0.1) is 33.5 Å². The Labute approximate surface area is 331 Å². The second-order valence-corrected chi connectivity index (χ2v) is 14.0. The van der Waals surface area contributed by atoms with Crippen molar-refractivity contribution in [3.05, 3.63) is 19.6 Å². The van der Waals surface area contributed by atoms with Gasteiger partial charge >= 0.3 is 103 Å². The van der Waals surface area contributed by atoms with E-state index in [1.165, 1.54) is 0 Å². The number of rotatable bonds is 6. The summed E-state index contributed by atoms with van der Waals surface area (Å²) in [6.45, 7) is 8.35. The first-order chi connectivity index (χ1) is 14.6. The monoisotopic (exact) mass is 690 g/mol. The Balaban J connectivity index is 0.000000608. The van der Waals surface area contributed by atoms with Gasteiger partial charge in [0.2, 0.25) is 0 Å². The Morgan fingerprint density at radius 3 is 1.66 bits per heavy atom. The van der Waals surface area contributed by atoms with E-state index in [2.05, 4.69) is 23.2 Å². The molecule has 0 aromatic heterocycles. The molecule has 4 bridgehead atoms. The van der Waals surface area contributed by atoms with E-state index in [-0.39, 0.29) is 141 Å². The summed E-state index contributed by atoms with van der Waals surface area (Å²) in [5.74, 6) is 0.806. The predicted octanol–water partition coefficient (Wildman–Crippen LogP) is -3.12. The van der Waals surface area contributed by atoms with Crippen molar-refractivity contribution in [3.63, 3.8) is 0 Å². The van der Waals surface area contributed by atoms with Crippen LogP contribution in [0.25, 0.3) is 0 Å². The molecule has 4 atom stereocenters. The molecule has 0 radical (unpaired) electrons. The van der Waals surface area contributed by atoms with Gasteiger partial charge in [-0.2, -0.15) is 4.33 Å². The molecule has 0 amide bonds. The molecule has 0 saturated heterocycles. The molecule has 0 spiro atoms. The Kier molecular flexibility index (Phi) is 15.9. The molecule has 0 heterocycles. The van der Waals surface area contributed by atoms with Gasteiger partial charge in [0.15, 0.2) is 0 Å². The van der Waals surface area contributed by atoms with Crippen LogP contribution in [0.3, 0.4) is 0 Å². The molecule has 0 aromatic carbocycles. The van der Waals surface area contributed by atoms with E-state index < -0.39 is 21.3 Å². The molecule has 0 aromatic rings. The molecule has 2 fully saturated rings. The minimum absolute atomic E-state index is 0. The maximum atomic E-state index is 11.1. The van der Waals surface area contributed by atoms with Crippen molar-refractivity contribution < 1.29 is 147 Å². The van der Waals surface area contributed by atoms with Crippen molar-refractivity contribution in [1.82, 2.24) is 0 Å². The smallest absolute Gasteiger partial charge is 0.785 e. The average Bonchev–Trinajstić information content (AvgIpc) is 3.17. The van der Waals surface area contributed by atoms with E-state index in [1.807, 2.05) is 13.8 Å². The number of hydrogen-bond acceptors (Lipinski definition) is 11. The SMILES string of the molecule is CC1(C)C2CCC1(CS(=O)(=O)[O-])C([S-])=C2[S-].CC1(C)C2CCC1(CSOO[O-])C([S-])=C2[S-].[K+].[K+].[Ni]. The first-order valence-electron chi connectivity index (χ1n) is 10.3. The van der Waals surface area contributed by atoms with Gasteiger partial charge in [-0.15, -0.1) is 0 Å². The molecule has 6 nitrogen and oxygen atoms in total. The first-order valence-corrected chi connectivity index (χ1v) is 14.4. The van der Waals surface area contributed by atoms with E-state index in [0.29, 0.717) is 27.9 Å². The topological polar surface area (TPSA) is 98.7 Å². The standard InChI is InChI=1S/2C10H16O3S3.2K.Ni/c1-9(2)6-3-4-10(9,5-16(11,12)13)8(15)7(6)14;1-9(2)6-3-4-10(9,5-16-13-12-11)8(15)7(6)14;;;/h6,14-15H,3-5H2,1-2H3,(H,11,12,13);6,11,14-15H,3-5H2,1-2H3;;;/q;;2*+1;/p-6. The molecule has 4 aliphatic carbocycles. The molecule has 4 unspecified atom stereocenters. The van der Waals surface area contributed by atoms with E-state index in [4.69, 9.17) is 50.5 Å². The zero-order valence-corrected chi connectivity index (χ0v) is 32.7. The summed E-state index contributed by atoms with van der Waals surface area (Å²) >= 11 is 22.5. The second-order valence-electron chi connectivity index (χ2n) is 10.3.